The molecule has 2 nitrogen and oxygen atoms in total. The molecular weight excluding hydrogens is 249 g/mol. The van der Waals surface area contributed by atoms with E-state index in [0.29, 0.717) is 6.29 Å². The zero-order chi connectivity index (χ0) is 12.7. The average Bonchev–Trinajstić information content (AvgIpc) is 2.31. The number of hydrogen-bond donors (Lipinski definition) is 0. The third-order valence-corrected chi connectivity index (χ3v) is 2.40. The Balaban J connectivity index is 0. The van der Waals surface area contributed by atoms with E-state index < -0.39 is 17.4 Å². The van der Waals surface area contributed by atoms with Crippen LogP contribution < -0.4 is 34.3 Å². The van der Waals surface area contributed by atoms with Crippen LogP contribution in [0.25, 0.3) is 0 Å². The van der Waals surface area contributed by atoms with E-state index in [0.717, 1.165) is 37.8 Å². The van der Waals surface area contributed by atoms with Gasteiger partial charge >= 0.3 is 29.6 Å². The monoisotopic (exact) mass is 266 g/mol. The number of halogens is 2. The van der Waals surface area contributed by atoms with Crippen LogP contribution in [0.1, 0.15) is 44.4 Å². The van der Waals surface area contributed by atoms with E-state index in [1.54, 1.807) is 0 Å². The molecule has 0 aliphatic heterocycles. The summed E-state index contributed by atoms with van der Waals surface area (Å²) < 4.78 is 31.7. The molecule has 1 rings (SSSR count). The van der Waals surface area contributed by atoms with Gasteiger partial charge in [-0.3, -0.25) is 4.79 Å². The van der Waals surface area contributed by atoms with E-state index >= 15 is 0 Å². The second-order valence-electron chi connectivity index (χ2n) is 3.84. The number of benzene rings is 1. The molecule has 0 atom stereocenters. The molecule has 0 radical (unpaired) electrons. The maximum atomic E-state index is 13.3. The van der Waals surface area contributed by atoms with Crippen LogP contribution in [-0.4, -0.2) is 12.9 Å². The van der Waals surface area contributed by atoms with E-state index in [2.05, 4.69) is 6.92 Å². The summed E-state index contributed by atoms with van der Waals surface area (Å²) in [7, 11) is 0. The smallest absolute Gasteiger partial charge is 1.00 e. The van der Waals surface area contributed by atoms with Crippen LogP contribution >= 0.6 is 0 Å². The molecule has 0 spiro atoms. The van der Waals surface area contributed by atoms with E-state index in [-0.39, 0.29) is 43.2 Å². The Labute approximate surface area is 129 Å². The largest absolute Gasteiger partial charge is 1.00 e. The molecule has 0 saturated carbocycles. The molecule has 0 fully saturated rings. The summed E-state index contributed by atoms with van der Waals surface area (Å²) in [6.07, 6.45) is 4.32. The van der Waals surface area contributed by atoms with E-state index in [1.165, 1.54) is 0 Å². The first kappa shape index (κ1) is 17.6. The van der Waals surface area contributed by atoms with Crippen LogP contribution in [0.4, 0.5) is 8.78 Å². The molecule has 0 unspecified atom stereocenters. The summed E-state index contributed by atoms with van der Waals surface area (Å²) in [5.74, 6) is -2.06. The average molecular weight is 266 g/mol. The molecule has 5 heteroatoms. The van der Waals surface area contributed by atoms with Gasteiger partial charge in [0.2, 0.25) is 0 Å². The third-order valence-electron chi connectivity index (χ3n) is 2.40. The zero-order valence-electron chi connectivity index (χ0n) is 11.8. The van der Waals surface area contributed by atoms with Crippen molar-refractivity contribution >= 4 is 6.29 Å². The molecule has 0 saturated heterocycles. The molecule has 0 aliphatic rings. The predicted molar refractivity (Wildman–Crippen MR) is 62.5 cm³/mol. The Morgan fingerprint density at radius 3 is 2.33 bits per heavy atom. The molecular formula is C13H17F2NaO2. The van der Waals surface area contributed by atoms with E-state index in [4.69, 9.17) is 4.74 Å². The van der Waals surface area contributed by atoms with Gasteiger partial charge in [0, 0.05) is 5.56 Å². The minimum Gasteiger partial charge on any atom is -1.00 e. The van der Waals surface area contributed by atoms with E-state index in [1.807, 2.05) is 0 Å². The molecule has 0 N–H and O–H groups in total. The van der Waals surface area contributed by atoms with Gasteiger partial charge in [-0.15, -0.1) is 0 Å². The Hall–Kier alpha value is -0.450. The van der Waals surface area contributed by atoms with Crippen LogP contribution in [0.3, 0.4) is 0 Å². The van der Waals surface area contributed by atoms with Crippen LogP contribution in [0.2, 0.25) is 0 Å². The van der Waals surface area contributed by atoms with E-state index in [9.17, 15) is 13.6 Å². The number of carbonyl (C=O) groups excluding carboxylic acids is 1. The van der Waals surface area contributed by atoms with Gasteiger partial charge in [0.15, 0.2) is 17.4 Å². The molecule has 18 heavy (non-hydrogen) atoms. The number of unbranched alkanes of at least 4 members (excludes halogenated alkanes) is 3. The topological polar surface area (TPSA) is 26.3 Å². The molecule has 1 aromatic carbocycles. The normalized spacial score (nSPS) is 9.72. The van der Waals surface area contributed by atoms with Crippen LogP contribution in [0, 0.1) is 11.6 Å². The van der Waals surface area contributed by atoms with Crippen molar-refractivity contribution in [3.63, 3.8) is 0 Å². The Morgan fingerprint density at radius 2 is 1.83 bits per heavy atom. The summed E-state index contributed by atoms with van der Waals surface area (Å²) in [5, 5.41) is 0. The van der Waals surface area contributed by atoms with Crippen LogP contribution in [0.15, 0.2) is 12.1 Å². The van der Waals surface area contributed by atoms with Gasteiger partial charge < -0.3 is 6.16 Å². The summed E-state index contributed by atoms with van der Waals surface area (Å²) in [6.45, 7) is 2.37. The second kappa shape index (κ2) is 9.48. The van der Waals surface area contributed by atoms with Crippen molar-refractivity contribution in [3.05, 3.63) is 29.3 Å². The fourth-order valence-corrected chi connectivity index (χ4v) is 1.49. The molecule has 0 aromatic heterocycles. The predicted octanol–water partition coefficient (Wildman–Crippen LogP) is 0.853. The van der Waals surface area contributed by atoms with Crippen molar-refractivity contribution in [2.75, 3.05) is 6.61 Å². The van der Waals surface area contributed by atoms with Crippen molar-refractivity contribution in [3.8, 4) is 5.75 Å². The standard InChI is InChI=1S/C13H16F2O2.Na.H/c1-2-3-4-5-6-17-13-11(14)7-10(9-16)8-12(13)15;;/h7-9H,2-6H2,1H3;;/q;+1;-1. The quantitative estimate of drug-likeness (QED) is 0.415. The first-order valence-corrected chi connectivity index (χ1v) is 5.76. The van der Waals surface area contributed by atoms with Gasteiger partial charge in [0.25, 0.3) is 0 Å². The number of ether oxygens (including phenoxy) is 1. The number of rotatable bonds is 7. The van der Waals surface area contributed by atoms with Gasteiger partial charge in [0.1, 0.15) is 6.29 Å². The first-order chi connectivity index (χ1) is 8.19. The van der Waals surface area contributed by atoms with Crippen molar-refractivity contribution in [1.82, 2.24) is 0 Å². The maximum absolute atomic E-state index is 13.3. The van der Waals surface area contributed by atoms with Crippen molar-refractivity contribution in [2.45, 2.75) is 32.6 Å². The Kier molecular flexibility index (Phi) is 9.24. The number of carbonyl (C=O) groups is 1. The fraction of sp³-hybridized carbons (Fsp3) is 0.462. The van der Waals surface area contributed by atoms with Crippen LogP contribution in [-0.2, 0) is 0 Å². The zero-order valence-corrected chi connectivity index (χ0v) is 12.8. The SMILES string of the molecule is CCCCCCOc1c(F)cc(C=O)cc1F.[H-].[Na+]. The van der Waals surface area contributed by atoms with Crippen molar-refractivity contribution in [1.29, 1.82) is 0 Å². The second-order valence-corrected chi connectivity index (χ2v) is 3.84. The summed E-state index contributed by atoms with van der Waals surface area (Å²) in [4.78, 5) is 10.4. The summed E-state index contributed by atoms with van der Waals surface area (Å²) in [5.41, 5.74) is -0.0293. The Morgan fingerprint density at radius 1 is 1.22 bits per heavy atom. The van der Waals surface area contributed by atoms with Crippen LogP contribution in [0.5, 0.6) is 5.75 Å². The maximum Gasteiger partial charge on any atom is 1.00 e. The van der Waals surface area contributed by atoms with Gasteiger partial charge in [-0.25, -0.2) is 8.78 Å². The minimum absolute atomic E-state index is 0. The van der Waals surface area contributed by atoms with Gasteiger partial charge in [0.05, 0.1) is 6.61 Å². The van der Waals surface area contributed by atoms with Crippen molar-refractivity contribution in [2.24, 2.45) is 0 Å². The molecule has 96 valence electrons. The minimum atomic E-state index is -0.831. The van der Waals surface area contributed by atoms with Gasteiger partial charge in [-0.05, 0) is 18.6 Å². The molecule has 1 aromatic rings. The number of hydrogen-bond acceptors (Lipinski definition) is 2. The summed E-state index contributed by atoms with van der Waals surface area (Å²) >= 11 is 0. The molecule has 0 aliphatic carbocycles. The first-order valence-electron chi connectivity index (χ1n) is 5.76. The third kappa shape index (κ3) is 5.46. The fourth-order valence-electron chi connectivity index (χ4n) is 1.49. The number of aldehydes is 1. The van der Waals surface area contributed by atoms with Gasteiger partial charge in [-0.1, -0.05) is 26.2 Å². The summed E-state index contributed by atoms with van der Waals surface area (Å²) in [6, 6.07) is 1.94. The van der Waals surface area contributed by atoms with Gasteiger partial charge in [-0.2, -0.15) is 0 Å². The molecule has 0 heterocycles. The Bertz CT molecular complexity index is 366. The molecule has 0 bridgehead atoms. The molecule has 0 amide bonds. The van der Waals surface area contributed by atoms with Crippen molar-refractivity contribution < 1.29 is 49.3 Å².